The molecule has 1 heterocycles. The van der Waals surface area contributed by atoms with Crippen LogP contribution in [0.15, 0.2) is 158 Å². The molecule has 0 aliphatic heterocycles. The van der Waals surface area contributed by atoms with Gasteiger partial charge in [-0.1, -0.05) is 151 Å². The maximum atomic E-state index is 7.56. The van der Waals surface area contributed by atoms with Crippen LogP contribution in [0.3, 0.4) is 0 Å². The summed E-state index contributed by atoms with van der Waals surface area (Å²) >= 11 is 0. The van der Waals surface area contributed by atoms with E-state index >= 15 is 0 Å². The molecule has 9 rings (SSSR count). The Morgan fingerprint density at radius 3 is 1.24 bits per heavy atom. The standard InChI is InChI=1S/C56H57N7/c1-36(2)33-58-61-54-50(40-27-31-44(32-28-40)63(35-38(5)6)42-19-11-8-12-20-42)56-55(59-52-47-23-15-13-21-45(47)46-22-14-16-24-48(46)53(52)60-56)49(51(54)57)39-25-29-43(30-26-39)62(34-37(3)4)41-17-9-7-10-18-41/h7-32,36-38,58,61H,33-35,57H2,1-6H3. The van der Waals surface area contributed by atoms with Crippen LogP contribution in [0.1, 0.15) is 41.5 Å². The van der Waals surface area contributed by atoms with Crippen LogP contribution in [-0.4, -0.2) is 29.6 Å². The van der Waals surface area contributed by atoms with Gasteiger partial charge in [-0.15, -0.1) is 0 Å². The molecule has 0 unspecified atom stereocenters. The van der Waals surface area contributed by atoms with Gasteiger partial charge in [0.2, 0.25) is 0 Å². The van der Waals surface area contributed by atoms with Crippen LogP contribution in [0.5, 0.6) is 0 Å². The Labute approximate surface area is 371 Å². The third-order valence-electron chi connectivity index (χ3n) is 11.7. The fourth-order valence-electron chi connectivity index (χ4n) is 8.84. The molecule has 0 atom stereocenters. The summed E-state index contributed by atoms with van der Waals surface area (Å²) in [5, 5.41) is 4.43. The number of fused-ring (bicyclic) bond motifs is 7. The van der Waals surface area contributed by atoms with Crippen molar-refractivity contribution < 1.29 is 0 Å². The highest BCUT2D eigenvalue weighted by Crippen LogP contribution is 2.48. The third-order valence-corrected chi connectivity index (χ3v) is 11.7. The van der Waals surface area contributed by atoms with Gasteiger partial charge in [0.15, 0.2) is 0 Å². The van der Waals surface area contributed by atoms with E-state index in [9.17, 15) is 0 Å². The maximum absolute atomic E-state index is 7.56. The number of para-hydroxylation sites is 2. The summed E-state index contributed by atoms with van der Waals surface area (Å²) < 4.78 is 0. The lowest BCUT2D eigenvalue weighted by atomic mass is 9.92. The van der Waals surface area contributed by atoms with Crippen molar-refractivity contribution in [1.29, 1.82) is 0 Å². The first kappa shape index (κ1) is 41.4. The van der Waals surface area contributed by atoms with E-state index in [2.05, 4.69) is 220 Å². The minimum Gasteiger partial charge on any atom is -0.396 e. The maximum Gasteiger partial charge on any atom is 0.100 e. The number of aromatic nitrogens is 2. The lowest BCUT2D eigenvalue weighted by molar-refractivity contribution is 0.591. The molecule has 63 heavy (non-hydrogen) atoms. The van der Waals surface area contributed by atoms with Crippen molar-refractivity contribution in [3.8, 4) is 22.3 Å². The molecule has 1 aromatic heterocycles. The number of benzene rings is 8. The minimum atomic E-state index is 0.403. The van der Waals surface area contributed by atoms with E-state index in [4.69, 9.17) is 15.7 Å². The predicted octanol–water partition coefficient (Wildman–Crippen LogP) is 14.2. The van der Waals surface area contributed by atoms with Crippen LogP contribution in [0.2, 0.25) is 0 Å². The van der Waals surface area contributed by atoms with E-state index in [1.54, 1.807) is 0 Å². The fraction of sp³-hybridized carbons (Fsp3) is 0.214. The van der Waals surface area contributed by atoms with Gasteiger partial charge in [0.25, 0.3) is 0 Å². The number of nitrogen functional groups attached to an aromatic ring is 1. The molecule has 316 valence electrons. The van der Waals surface area contributed by atoms with Crippen LogP contribution in [-0.2, 0) is 0 Å². The number of anilines is 6. The van der Waals surface area contributed by atoms with Gasteiger partial charge >= 0.3 is 0 Å². The highest BCUT2D eigenvalue weighted by Gasteiger charge is 2.25. The molecular weight excluding hydrogens is 771 g/mol. The van der Waals surface area contributed by atoms with Crippen molar-refractivity contribution in [3.05, 3.63) is 158 Å². The highest BCUT2D eigenvalue weighted by molar-refractivity contribution is 6.25. The Morgan fingerprint density at radius 2 is 0.810 bits per heavy atom. The van der Waals surface area contributed by atoms with Crippen molar-refractivity contribution in [2.45, 2.75) is 41.5 Å². The first-order valence-electron chi connectivity index (χ1n) is 22.4. The monoisotopic (exact) mass is 827 g/mol. The van der Waals surface area contributed by atoms with E-state index in [0.29, 0.717) is 23.4 Å². The summed E-state index contributed by atoms with van der Waals surface area (Å²) in [4.78, 5) is 16.2. The molecule has 0 saturated carbocycles. The van der Waals surface area contributed by atoms with Crippen LogP contribution < -0.4 is 26.4 Å². The van der Waals surface area contributed by atoms with Gasteiger partial charge in [-0.2, -0.15) is 0 Å². The molecule has 7 heteroatoms. The first-order chi connectivity index (χ1) is 30.7. The number of rotatable bonds is 14. The zero-order chi connectivity index (χ0) is 43.6. The SMILES string of the molecule is CC(C)CNNc1c(N)c(-c2ccc(N(CC(C)C)c3ccccc3)cc2)c2nc3c4ccccc4c4ccccc4c3nc2c1-c1ccc(N(CC(C)C)c2ccccc2)cc1. The minimum absolute atomic E-state index is 0.403. The van der Waals surface area contributed by atoms with Crippen molar-refractivity contribution in [2.24, 2.45) is 17.8 Å². The van der Waals surface area contributed by atoms with Crippen molar-refractivity contribution >= 4 is 77.7 Å². The molecule has 0 aliphatic carbocycles. The predicted molar refractivity (Wildman–Crippen MR) is 270 cm³/mol. The Bertz CT molecular complexity index is 3020. The molecule has 0 aliphatic rings. The normalized spacial score (nSPS) is 11.8. The summed E-state index contributed by atoms with van der Waals surface area (Å²) in [7, 11) is 0. The number of nitrogens with two attached hydrogens (primary N) is 1. The van der Waals surface area contributed by atoms with Gasteiger partial charge in [-0.05, 0) is 88.2 Å². The van der Waals surface area contributed by atoms with Crippen LogP contribution in [0.4, 0.5) is 34.1 Å². The van der Waals surface area contributed by atoms with Gasteiger partial charge in [-0.3, -0.25) is 0 Å². The molecule has 0 saturated heterocycles. The second-order valence-electron chi connectivity index (χ2n) is 17.9. The van der Waals surface area contributed by atoms with Gasteiger partial charge in [0.1, 0.15) is 11.0 Å². The summed E-state index contributed by atoms with van der Waals surface area (Å²) in [6.07, 6.45) is 0. The van der Waals surface area contributed by atoms with Gasteiger partial charge < -0.3 is 21.0 Å². The number of hydrogen-bond acceptors (Lipinski definition) is 7. The van der Waals surface area contributed by atoms with E-state index < -0.39 is 0 Å². The lowest BCUT2D eigenvalue weighted by Crippen LogP contribution is -2.27. The highest BCUT2D eigenvalue weighted by atomic mass is 15.4. The fourth-order valence-corrected chi connectivity index (χ4v) is 8.84. The topological polar surface area (TPSA) is 82.3 Å². The quantitative estimate of drug-likeness (QED) is 0.0436. The van der Waals surface area contributed by atoms with Crippen LogP contribution in [0, 0.1) is 17.8 Å². The zero-order valence-electron chi connectivity index (χ0n) is 37.2. The third kappa shape index (κ3) is 8.25. The van der Waals surface area contributed by atoms with Crippen LogP contribution in [0.25, 0.3) is 65.9 Å². The molecule has 7 nitrogen and oxygen atoms in total. The van der Waals surface area contributed by atoms with Gasteiger partial charge in [0, 0.05) is 64.3 Å². The van der Waals surface area contributed by atoms with Crippen molar-refractivity contribution in [1.82, 2.24) is 15.4 Å². The molecule has 9 aromatic rings. The molecule has 0 fully saturated rings. The molecule has 0 spiro atoms. The largest absolute Gasteiger partial charge is 0.396 e. The average Bonchev–Trinajstić information content (AvgIpc) is 3.30. The number of hydrazine groups is 1. The van der Waals surface area contributed by atoms with Crippen molar-refractivity contribution in [2.75, 3.05) is 40.6 Å². The van der Waals surface area contributed by atoms with E-state index in [0.717, 1.165) is 114 Å². The van der Waals surface area contributed by atoms with Gasteiger partial charge in [0.05, 0.1) is 22.4 Å². The molecule has 4 N–H and O–H groups in total. The summed E-state index contributed by atoms with van der Waals surface area (Å²) in [5.41, 5.74) is 27.6. The van der Waals surface area contributed by atoms with Crippen LogP contribution >= 0.6 is 0 Å². The first-order valence-corrected chi connectivity index (χ1v) is 22.4. The molecule has 0 amide bonds. The smallest absolute Gasteiger partial charge is 0.100 e. The lowest BCUT2D eigenvalue weighted by Gasteiger charge is -2.28. The number of nitrogens with one attached hydrogen (secondary N) is 2. The van der Waals surface area contributed by atoms with Gasteiger partial charge in [-0.25, -0.2) is 15.4 Å². The van der Waals surface area contributed by atoms with E-state index in [1.807, 2.05) is 0 Å². The molecule has 8 aromatic carbocycles. The molecular formula is C56H57N7. The van der Waals surface area contributed by atoms with E-state index in [1.165, 1.54) is 0 Å². The Hall–Kier alpha value is -6.96. The average molecular weight is 828 g/mol. The van der Waals surface area contributed by atoms with Crippen molar-refractivity contribution in [3.63, 3.8) is 0 Å². The second-order valence-corrected chi connectivity index (χ2v) is 17.9. The second kappa shape index (κ2) is 17.8. The Balaban J connectivity index is 1.31. The number of hydrogen-bond donors (Lipinski definition) is 3. The summed E-state index contributed by atoms with van der Waals surface area (Å²) in [5.74, 6) is 1.33. The Kier molecular flexibility index (Phi) is 11.7. The molecule has 0 bridgehead atoms. The zero-order valence-corrected chi connectivity index (χ0v) is 37.2. The number of nitrogens with zero attached hydrogens (tertiary/aromatic N) is 4. The summed E-state index contributed by atoms with van der Waals surface area (Å²) in [6, 6.07) is 56.0. The Morgan fingerprint density at radius 1 is 0.429 bits per heavy atom. The van der Waals surface area contributed by atoms with E-state index in [-0.39, 0.29) is 0 Å². The molecule has 0 radical (unpaired) electrons. The summed E-state index contributed by atoms with van der Waals surface area (Å²) in [6.45, 7) is 16.0.